The molecular weight excluding hydrogens is 220 g/mol. The molecule has 0 unspecified atom stereocenters. The summed E-state index contributed by atoms with van der Waals surface area (Å²) in [5.74, 6) is 3.28. The Labute approximate surface area is 104 Å². The molecule has 0 amide bonds. The zero-order valence-corrected chi connectivity index (χ0v) is 11.2. The Morgan fingerprint density at radius 2 is 2.06 bits per heavy atom. The van der Waals surface area contributed by atoms with Crippen LogP contribution in [0.3, 0.4) is 0 Å². The minimum absolute atomic E-state index is 0.135. The maximum absolute atomic E-state index is 10.4. The molecule has 3 aliphatic carbocycles. The Morgan fingerprint density at radius 1 is 1.38 bits per heavy atom. The molecular formula is C14H23ClO. The fraction of sp³-hybridized carbons (Fsp3) is 1.00. The number of alkyl halides is 1. The Balaban J connectivity index is 1.95. The molecule has 3 saturated carbocycles. The Hall–Kier alpha value is 0.250. The first kappa shape index (κ1) is 11.3. The van der Waals surface area contributed by atoms with E-state index in [9.17, 15) is 5.11 Å². The van der Waals surface area contributed by atoms with Crippen molar-refractivity contribution < 1.29 is 5.11 Å². The summed E-state index contributed by atoms with van der Waals surface area (Å²) in [5, 5.41) is 10.6. The van der Waals surface area contributed by atoms with Crippen molar-refractivity contribution in [2.45, 2.75) is 51.5 Å². The fourth-order valence-electron chi connectivity index (χ4n) is 5.12. The van der Waals surface area contributed by atoms with Crippen LogP contribution in [-0.4, -0.2) is 16.6 Å². The third-order valence-corrected chi connectivity index (χ3v) is 6.68. The lowest BCUT2D eigenvalue weighted by molar-refractivity contribution is -0.0820. The predicted molar refractivity (Wildman–Crippen MR) is 66.4 cm³/mol. The van der Waals surface area contributed by atoms with E-state index in [2.05, 4.69) is 20.8 Å². The first-order valence-electron chi connectivity index (χ1n) is 6.79. The van der Waals surface area contributed by atoms with Crippen LogP contribution in [0.15, 0.2) is 0 Å². The molecule has 3 rings (SSSR count). The van der Waals surface area contributed by atoms with Crippen LogP contribution in [0, 0.1) is 35.0 Å². The quantitative estimate of drug-likeness (QED) is 0.700. The van der Waals surface area contributed by atoms with Crippen LogP contribution in [0.4, 0.5) is 0 Å². The van der Waals surface area contributed by atoms with Gasteiger partial charge in [-0.05, 0) is 48.3 Å². The van der Waals surface area contributed by atoms with Crippen LogP contribution in [0.1, 0.15) is 40.0 Å². The highest BCUT2D eigenvalue weighted by Gasteiger charge is 2.66. The molecule has 0 heterocycles. The van der Waals surface area contributed by atoms with Crippen molar-refractivity contribution in [3.05, 3.63) is 0 Å². The van der Waals surface area contributed by atoms with Crippen LogP contribution in [0.2, 0.25) is 0 Å². The summed E-state index contributed by atoms with van der Waals surface area (Å²) in [5.41, 5.74) is 0.187. The van der Waals surface area contributed by atoms with Gasteiger partial charge >= 0.3 is 0 Å². The Kier molecular flexibility index (Phi) is 2.40. The van der Waals surface area contributed by atoms with Gasteiger partial charge in [-0.2, -0.15) is 0 Å². The molecule has 0 aromatic rings. The van der Waals surface area contributed by atoms with Crippen molar-refractivity contribution >= 4 is 11.6 Å². The van der Waals surface area contributed by atoms with Crippen molar-refractivity contribution in [3.8, 4) is 0 Å². The van der Waals surface area contributed by atoms with Gasteiger partial charge in [0.05, 0.1) is 6.10 Å². The summed E-state index contributed by atoms with van der Waals surface area (Å²) < 4.78 is 0. The third-order valence-electron chi connectivity index (χ3n) is 6.06. The predicted octanol–water partition coefficient (Wildman–Crippen LogP) is 3.29. The molecule has 0 aromatic carbocycles. The average molecular weight is 243 g/mol. The topological polar surface area (TPSA) is 20.2 Å². The average Bonchev–Trinajstić information content (AvgIpc) is 2.68. The summed E-state index contributed by atoms with van der Waals surface area (Å²) in [6.07, 6.45) is 3.52. The molecule has 1 N–H and O–H groups in total. The molecule has 2 heteroatoms. The number of rotatable bonds is 1. The molecule has 0 spiro atoms. The molecule has 2 bridgehead atoms. The molecule has 16 heavy (non-hydrogen) atoms. The highest BCUT2D eigenvalue weighted by molar-refractivity contribution is 6.21. The Morgan fingerprint density at radius 3 is 2.62 bits per heavy atom. The lowest BCUT2D eigenvalue weighted by Gasteiger charge is -2.52. The van der Waals surface area contributed by atoms with E-state index in [0.29, 0.717) is 17.8 Å². The van der Waals surface area contributed by atoms with E-state index in [1.54, 1.807) is 0 Å². The first-order valence-corrected chi connectivity index (χ1v) is 7.22. The van der Waals surface area contributed by atoms with Crippen molar-refractivity contribution in [1.82, 2.24) is 0 Å². The normalized spacial score (nSPS) is 59.6. The summed E-state index contributed by atoms with van der Waals surface area (Å²) in [6.45, 7) is 6.97. The first-order chi connectivity index (χ1) is 7.47. The van der Waals surface area contributed by atoms with Gasteiger partial charge in [0.1, 0.15) is 0 Å². The molecule has 92 valence electrons. The van der Waals surface area contributed by atoms with Gasteiger partial charge in [-0.15, -0.1) is 11.6 Å². The molecule has 7 atom stereocenters. The highest BCUT2D eigenvalue weighted by Crippen LogP contribution is 2.67. The molecule has 3 aliphatic rings. The van der Waals surface area contributed by atoms with Crippen LogP contribution in [-0.2, 0) is 0 Å². The van der Waals surface area contributed by atoms with Gasteiger partial charge in [0, 0.05) is 11.3 Å². The largest absolute Gasteiger partial charge is 0.392 e. The number of halogens is 1. The molecule has 0 aromatic heterocycles. The summed E-state index contributed by atoms with van der Waals surface area (Å²) >= 11 is 6.61. The van der Waals surface area contributed by atoms with Crippen molar-refractivity contribution in [3.63, 3.8) is 0 Å². The van der Waals surface area contributed by atoms with Crippen LogP contribution >= 0.6 is 11.6 Å². The summed E-state index contributed by atoms with van der Waals surface area (Å²) in [6, 6.07) is 0. The zero-order chi connectivity index (χ0) is 11.7. The number of aliphatic hydroxyl groups is 1. The van der Waals surface area contributed by atoms with Crippen molar-refractivity contribution in [2.75, 3.05) is 0 Å². The van der Waals surface area contributed by atoms with Gasteiger partial charge in [0.2, 0.25) is 0 Å². The lowest BCUT2D eigenvalue weighted by atomic mass is 9.55. The molecule has 0 saturated heterocycles. The van der Waals surface area contributed by atoms with Crippen LogP contribution in [0.25, 0.3) is 0 Å². The van der Waals surface area contributed by atoms with Crippen LogP contribution < -0.4 is 0 Å². The van der Waals surface area contributed by atoms with Gasteiger partial charge in [0.25, 0.3) is 0 Å². The number of hydrogen-bond acceptors (Lipinski definition) is 1. The lowest BCUT2D eigenvalue weighted by Crippen LogP contribution is -2.52. The number of hydrogen-bond donors (Lipinski definition) is 1. The van der Waals surface area contributed by atoms with Gasteiger partial charge < -0.3 is 5.11 Å². The second kappa shape index (κ2) is 3.38. The van der Waals surface area contributed by atoms with E-state index >= 15 is 0 Å². The molecule has 3 fully saturated rings. The Bertz CT molecular complexity index is 303. The van der Waals surface area contributed by atoms with Gasteiger partial charge in [-0.3, -0.25) is 0 Å². The SMILES string of the molecule is CC(C)[C@@H]1CC[C@]2(C)[C@H](O)[C@H]3C[C@@H]2[C@@H]1[C@@H]3Cl. The maximum Gasteiger partial charge on any atom is 0.0638 e. The van der Waals surface area contributed by atoms with E-state index in [-0.39, 0.29) is 16.9 Å². The van der Waals surface area contributed by atoms with Crippen molar-refractivity contribution in [2.24, 2.45) is 35.0 Å². The second-order valence-electron chi connectivity index (χ2n) is 6.93. The van der Waals surface area contributed by atoms with Gasteiger partial charge in [0.15, 0.2) is 0 Å². The zero-order valence-electron chi connectivity index (χ0n) is 10.5. The molecule has 0 aliphatic heterocycles. The smallest absolute Gasteiger partial charge is 0.0638 e. The summed E-state index contributed by atoms with van der Waals surface area (Å²) in [7, 11) is 0. The van der Waals surface area contributed by atoms with E-state index in [0.717, 1.165) is 11.8 Å². The van der Waals surface area contributed by atoms with E-state index in [1.807, 2.05) is 0 Å². The van der Waals surface area contributed by atoms with E-state index < -0.39 is 0 Å². The van der Waals surface area contributed by atoms with Crippen molar-refractivity contribution in [1.29, 1.82) is 0 Å². The maximum atomic E-state index is 10.4. The third kappa shape index (κ3) is 1.17. The molecule has 1 nitrogen and oxygen atoms in total. The van der Waals surface area contributed by atoms with E-state index in [1.165, 1.54) is 19.3 Å². The standard InChI is InChI=1S/C14H23ClO/c1-7(2)8-4-5-14(3)10-6-9(13(14)16)12(15)11(8)10/h7-13,16H,4-6H2,1-3H3/t8-,9-,10+,11+,12+,13+,14-/m0/s1. The van der Waals surface area contributed by atoms with E-state index in [4.69, 9.17) is 11.6 Å². The van der Waals surface area contributed by atoms with Gasteiger partial charge in [-0.25, -0.2) is 0 Å². The van der Waals surface area contributed by atoms with Gasteiger partial charge in [-0.1, -0.05) is 20.8 Å². The monoisotopic (exact) mass is 242 g/mol. The minimum Gasteiger partial charge on any atom is -0.392 e. The van der Waals surface area contributed by atoms with Crippen LogP contribution in [0.5, 0.6) is 0 Å². The number of fused-ring (bicyclic) bond motifs is 1. The minimum atomic E-state index is -0.135. The highest BCUT2D eigenvalue weighted by atomic mass is 35.5. The summed E-state index contributed by atoms with van der Waals surface area (Å²) in [4.78, 5) is 0. The fourth-order valence-corrected chi connectivity index (χ4v) is 5.73. The second-order valence-corrected chi connectivity index (χ2v) is 7.43. The number of aliphatic hydroxyl groups excluding tert-OH is 1. The molecule has 0 radical (unpaired) electrons.